The number of anilines is 3. The van der Waals surface area contributed by atoms with Crippen molar-refractivity contribution in [2.24, 2.45) is 0 Å². The second-order valence-electron chi connectivity index (χ2n) is 7.40. The second kappa shape index (κ2) is 15.5. The Morgan fingerprint density at radius 1 is 0.706 bits per heavy atom. The van der Waals surface area contributed by atoms with Crippen molar-refractivity contribution in [1.29, 1.82) is 0 Å². The molecule has 2 fully saturated rings. The quantitative estimate of drug-likeness (QED) is 0.288. The molecule has 0 amide bonds. The van der Waals surface area contributed by atoms with Gasteiger partial charge in [-0.15, -0.1) is 17.2 Å². The molecule has 4 rings (SSSR count). The molecule has 34 heavy (non-hydrogen) atoms. The van der Waals surface area contributed by atoms with Gasteiger partial charge in [0.2, 0.25) is 17.8 Å². The molecule has 13 nitrogen and oxygen atoms in total. The number of nitrogens with zero attached hydrogens (tertiary/aromatic N) is 5. The molecule has 3 heterocycles. The first-order chi connectivity index (χ1) is 14.1. The maximum absolute atomic E-state index is 12.5. The number of halogens is 1. The molecule has 2 saturated heterocycles. The van der Waals surface area contributed by atoms with Gasteiger partial charge in [-0.3, -0.25) is 5.43 Å². The predicted octanol–water partition coefficient (Wildman–Crippen LogP) is 4.21. The maximum atomic E-state index is 12.5. The molecule has 15 heteroatoms. The third-order valence-electron chi connectivity index (χ3n) is 5.24. The zero-order chi connectivity index (χ0) is 20.1. The van der Waals surface area contributed by atoms with Gasteiger partial charge in [0.15, 0.2) is 0 Å². The highest BCUT2D eigenvalue weighted by Gasteiger charge is 2.21. The summed E-state index contributed by atoms with van der Waals surface area (Å²) in [7, 11) is -3.72. The molecule has 14 N–H and O–H groups in total. The van der Waals surface area contributed by atoms with Crippen molar-refractivity contribution >= 4 is 40.3 Å². The first-order valence-corrected chi connectivity index (χ1v) is 11.7. The molecule has 204 valence electrons. The smallest absolute Gasteiger partial charge is 0.257 e. The lowest BCUT2D eigenvalue weighted by Crippen LogP contribution is -2.36. The van der Waals surface area contributed by atoms with E-state index in [0.717, 1.165) is 51.9 Å². The van der Waals surface area contributed by atoms with E-state index in [9.17, 15) is 8.42 Å². The lowest BCUT2D eigenvalue weighted by Gasteiger charge is -2.30. The Labute approximate surface area is 214 Å². The maximum Gasteiger partial charge on any atom is 0.257 e. The average Bonchev–Trinajstić information content (AvgIpc) is 2.79. The fourth-order valence-corrected chi connectivity index (χ4v) is 4.51. The highest BCUT2D eigenvalue weighted by Crippen LogP contribution is 2.22. The minimum absolute atomic E-state index is 0. The van der Waals surface area contributed by atoms with Crippen molar-refractivity contribution in [3.05, 3.63) is 30.3 Å². The zero-order valence-electron chi connectivity index (χ0n) is 19.7. The second-order valence-corrected chi connectivity index (χ2v) is 9.08. The number of hydrogen-bond donors (Lipinski definition) is 6. The van der Waals surface area contributed by atoms with E-state index in [4.69, 9.17) is 4.98 Å². The summed E-state index contributed by atoms with van der Waals surface area (Å²) in [6.45, 7) is 3.61. The van der Waals surface area contributed by atoms with Crippen LogP contribution >= 0.6 is 12.4 Å². The first-order valence-electron chi connectivity index (χ1n) is 10.2. The van der Waals surface area contributed by atoms with Crippen molar-refractivity contribution in [2.75, 3.05) is 41.4 Å². The van der Waals surface area contributed by atoms with E-state index in [1.54, 1.807) is 18.2 Å². The lowest BCUT2D eigenvalue weighted by molar-refractivity contribution is 0.556. The van der Waals surface area contributed by atoms with Crippen LogP contribution in [-0.4, -0.2) is 49.5 Å². The van der Waals surface area contributed by atoms with Crippen molar-refractivity contribution in [3.63, 3.8) is 0 Å². The number of nitrogens with one attached hydrogen (secondary N) is 2. The molecule has 0 saturated carbocycles. The number of aromatic nitrogens is 3. The van der Waals surface area contributed by atoms with Crippen molar-refractivity contribution in [2.45, 2.75) is 43.4 Å². The number of rotatable bonds is 6. The summed E-state index contributed by atoms with van der Waals surface area (Å²) < 4.78 is 25.0. The van der Waals surface area contributed by atoms with Crippen LogP contribution in [0, 0.1) is 0 Å². The molecule has 1 aromatic carbocycles. The summed E-state index contributed by atoms with van der Waals surface area (Å²) in [4.78, 5) is 20.5. The van der Waals surface area contributed by atoms with Crippen molar-refractivity contribution in [3.8, 4) is 0 Å². The van der Waals surface area contributed by atoms with Gasteiger partial charge in [0, 0.05) is 31.9 Å². The predicted molar refractivity (Wildman–Crippen MR) is 148 cm³/mol. The highest BCUT2D eigenvalue weighted by molar-refractivity contribution is 7.89. The number of hydrogen-bond acceptors (Lipinski definition) is 12. The van der Waals surface area contributed by atoms with Crippen LogP contribution in [0.3, 0.4) is 0 Å². The third kappa shape index (κ3) is 8.47. The van der Waals surface area contributed by atoms with E-state index in [1.807, 2.05) is 0 Å². The molecule has 2 aliphatic rings. The molecular formula is C19H48ClN11O2S. The third-order valence-corrected chi connectivity index (χ3v) is 6.50. The minimum Gasteiger partial charge on any atom is -0.344 e. The molecule has 0 bridgehead atoms. The zero-order valence-corrected chi connectivity index (χ0v) is 21.3. The van der Waals surface area contributed by atoms with Gasteiger partial charge in [-0.05, 0) is 50.7 Å². The van der Waals surface area contributed by atoms with E-state index in [1.165, 1.54) is 25.0 Å². The van der Waals surface area contributed by atoms with Crippen LogP contribution in [0.25, 0.3) is 0 Å². The van der Waals surface area contributed by atoms with Crippen molar-refractivity contribution in [1.82, 2.24) is 44.4 Å². The molecule has 0 aliphatic carbocycles. The van der Waals surface area contributed by atoms with E-state index in [0.29, 0.717) is 11.9 Å². The Morgan fingerprint density at radius 2 is 1.15 bits per heavy atom. The monoisotopic (exact) mass is 529 g/mol. The van der Waals surface area contributed by atoms with Gasteiger partial charge in [0.1, 0.15) is 0 Å². The van der Waals surface area contributed by atoms with Gasteiger partial charge in [0.25, 0.3) is 10.0 Å². The average molecular weight is 530 g/mol. The summed E-state index contributed by atoms with van der Waals surface area (Å²) in [6.07, 6.45) is 6.84. The normalized spacial score (nSPS) is 15.3. The van der Waals surface area contributed by atoms with Gasteiger partial charge in [-0.25, -0.2) is 8.42 Å². The van der Waals surface area contributed by atoms with Gasteiger partial charge in [-0.2, -0.15) is 15.0 Å². The minimum atomic E-state index is -3.72. The highest BCUT2D eigenvalue weighted by atomic mass is 35.5. The van der Waals surface area contributed by atoms with Crippen LogP contribution in [0.5, 0.6) is 0 Å². The van der Waals surface area contributed by atoms with Crippen LogP contribution in [-0.2, 0) is 10.0 Å². The number of hydrazine groups is 1. The molecule has 2 aromatic rings. The molecule has 0 unspecified atom stereocenters. The Balaban J connectivity index is -0.000000284. The SMILES string of the molecule is Cl.N.N.N.N.O=S(=O)(NNc1nc(N2CCCCC2)nc(N2CCCCC2)n1)c1ccccc1.[HH].[HH].[HH].[HH]. The van der Waals surface area contributed by atoms with E-state index < -0.39 is 10.0 Å². The summed E-state index contributed by atoms with van der Waals surface area (Å²) >= 11 is 0. The fraction of sp³-hybridized carbons (Fsp3) is 0.526. The van der Waals surface area contributed by atoms with Gasteiger partial charge in [-0.1, -0.05) is 18.2 Å². The Hall–Kier alpha value is -2.33. The van der Waals surface area contributed by atoms with Crippen LogP contribution in [0.15, 0.2) is 35.2 Å². The van der Waals surface area contributed by atoms with E-state index in [-0.39, 0.29) is 53.6 Å². The summed E-state index contributed by atoms with van der Waals surface area (Å²) in [6, 6.07) is 8.21. The summed E-state index contributed by atoms with van der Waals surface area (Å²) in [5.74, 6) is 1.41. The number of benzene rings is 1. The first kappa shape index (κ1) is 33.8. The lowest BCUT2D eigenvalue weighted by atomic mass is 10.1. The van der Waals surface area contributed by atoms with Gasteiger partial charge >= 0.3 is 0 Å². The van der Waals surface area contributed by atoms with Gasteiger partial charge < -0.3 is 34.4 Å². The molecule has 0 spiro atoms. The van der Waals surface area contributed by atoms with Crippen LogP contribution in [0.4, 0.5) is 17.8 Å². The fourth-order valence-electron chi connectivity index (χ4n) is 3.65. The molecule has 1 aromatic heterocycles. The van der Waals surface area contributed by atoms with Crippen LogP contribution in [0.1, 0.15) is 44.2 Å². The topological polar surface area (TPSA) is 243 Å². The van der Waals surface area contributed by atoms with Crippen molar-refractivity contribution < 1.29 is 14.1 Å². The number of piperidine rings is 2. The Morgan fingerprint density at radius 3 is 1.59 bits per heavy atom. The summed E-state index contributed by atoms with van der Waals surface area (Å²) in [5.41, 5.74) is 2.69. The molecular weight excluding hydrogens is 482 g/mol. The number of sulfonamides is 1. The van der Waals surface area contributed by atoms with E-state index in [2.05, 4.69) is 30.0 Å². The van der Waals surface area contributed by atoms with Crippen LogP contribution in [0.2, 0.25) is 0 Å². The van der Waals surface area contributed by atoms with Crippen LogP contribution < -0.4 is 44.7 Å². The largest absolute Gasteiger partial charge is 0.344 e. The molecule has 0 radical (unpaired) electrons. The standard InChI is InChI=1S/C19H27N7O2S.ClH.4H3N.4H2/c27-29(28,16-10-4-1-5-11-16)24-23-17-20-18(25-12-6-2-7-13-25)22-19(21-17)26-14-8-3-9-15-26;;;;;;;;;/h1,4-5,10-11,24H,2-3,6-9,12-15H2,(H,20,21,22,23);1H;4*1H3;4*1H. The Bertz CT molecular complexity index is 907. The summed E-state index contributed by atoms with van der Waals surface area (Å²) in [5, 5.41) is 0. The van der Waals surface area contributed by atoms with Gasteiger partial charge in [0.05, 0.1) is 4.90 Å². The van der Waals surface area contributed by atoms with E-state index >= 15 is 0 Å². The molecule has 0 atom stereocenters. The Kier molecular flexibility index (Phi) is 15.5. The molecule has 2 aliphatic heterocycles.